The van der Waals surface area contributed by atoms with E-state index in [1.165, 1.54) is 5.56 Å². The van der Waals surface area contributed by atoms with Gasteiger partial charge in [-0.2, -0.15) is 5.10 Å². The van der Waals surface area contributed by atoms with Gasteiger partial charge in [0.1, 0.15) is 5.82 Å². The van der Waals surface area contributed by atoms with Gasteiger partial charge in [0.05, 0.1) is 6.20 Å². The molecule has 0 saturated carbocycles. The number of aromatic amines is 1. The molecule has 84 valence electrons. The fourth-order valence-corrected chi connectivity index (χ4v) is 1.59. The topological polar surface area (TPSA) is 53.6 Å². The lowest BCUT2D eigenvalue weighted by Crippen LogP contribution is -2.04. The van der Waals surface area contributed by atoms with Gasteiger partial charge in [0.15, 0.2) is 0 Å². The van der Waals surface area contributed by atoms with Crippen molar-refractivity contribution in [3.05, 3.63) is 41.9 Å². The highest BCUT2D eigenvalue weighted by Gasteiger charge is 1.99. The molecule has 0 spiro atoms. The molecule has 0 atom stereocenters. The predicted octanol–water partition coefficient (Wildman–Crippen LogP) is 2.16. The third kappa shape index (κ3) is 2.82. The van der Waals surface area contributed by atoms with Crippen molar-refractivity contribution in [2.24, 2.45) is 0 Å². The van der Waals surface area contributed by atoms with Crippen LogP contribution in [0.4, 0.5) is 5.82 Å². The summed E-state index contributed by atoms with van der Waals surface area (Å²) >= 11 is 0. The summed E-state index contributed by atoms with van der Waals surface area (Å²) in [4.78, 5) is 4.20. The van der Waals surface area contributed by atoms with E-state index < -0.39 is 0 Å². The van der Waals surface area contributed by atoms with E-state index >= 15 is 0 Å². The minimum atomic E-state index is 0.932. The van der Waals surface area contributed by atoms with Gasteiger partial charge in [0, 0.05) is 18.4 Å². The van der Waals surface area contributed by atoms with Crippen LogP contribution in [0.25, 0.3) is 0 Å². The summed E-state index contributed by atoms with van der Waals surface area (Å²) in [7, 11) is 0. The summed E-state index contributed by atoms with van der Waals surface area (Å²) in [5, 5.41) is 10.2. The molecule has 0 aliphatic rings. The lowest BCUT2D eigenvalue weighted by atomic mass is 10.1. The monoisotopic (exact) mass is 216 g/mol. The van der Waals surface area contributed by atoms with Crippen LogP contribution in [-0.4, -0.2) is 21.7 Å². The van der Waals surface area contributed by atoms with Crippen LogP contribution in [0.1, 0.15) is 17.7 Å². The van der Waals surface area contributed by atoms with Crippen LogP contribution < -0.4 is 5.32 Å². The molecule has 0 unspecified atom stereocenters. The normalized spacial score (nSPS) is 10.3. The molecule has 4 heteroatoms. The second-order valence-corrected chi connectivity index (χ2v) is 3.77. The number of nitrogens with zero attached hydrogens (tertiary/aromatic N) is 2. The maximum atomic E-state index is 4.20. The number of hydrogen-bond acceptors (Lipinski definition) is 3. The quantitative estimate of drug-likeness (QED) is 0.753. The Balaban J connectivity index is 1.72. The molecular formula is C12H16N4. The zero-order chi connectivity index (χ0) is 11.2. The average Bonchev–Trinajstić information content (AvgIpc) is 2.72. The minimum absolute atomic E-state index is 0.932. The largest absolute Gasteiger partial charge is 0.370 e. The zero-order valence-corrected chi connectivity index (χ0v) is 9.40. The van der Waals surface area contributed by atoms with Crippen molar-refractivity contribution < 1.29 is 0 Å². The third-order valence-corrected chi connectivity index (χ3v) is 2.53. The number of aromatic nitrogens is 3. The molecule has 0 bridgehead atoms. The van der Waals surface area contributed by atoms with Crippen LogP contribution in [-0.2, 0) is 6.42 Å². The molecule has 2 heterocycles. The molecule has 2 rings (SSSR count). The van der Waals surface area contributed by atoms with Crippen LogP contribution in [0, 0.1) is 6.92 Å². The van der Waals surface area contributed by atoms with Crippen molar-refractivity contribution in [3.63, 3.8) is 0 Å². The first-order valence-electron chi connectivity index (χ1n) is 5.50. The second kappa shape index (κ2) is 5.30. The van der Waals surface area contributed by atoms with Gasteiger partial charge in [0.2, 0.25) is 0 Å². The van der Waals surface area contributed by atoms with Crippen LogP contribution in [0.2, 0.25) is 0 Å². The molecule has 0 fully saturated rings. The number of rotatable bonds is 5. The smallest absolute Gasteiger partial charge is 0.125 e. The Labute approximate surface area is 95.1 Å². The van der Waals surface area contributed by atoms with Crippen LogP contribution >= 0.6 is 0 Å². The van der Waals surface area contributed by atoms with Gasteiger partial charge in [-0.25, -0.2) is 4.98 Å². The summed E-state index contributed by atoms with van der Waals surface area (Å²) in [6.45, 7) is 2.98. The molecule has 0 amide bonds. The van der Waals surface area contributed by atoms with E-state index in [1.807, 2.05) is 24.4 Å². The molecule has 0 saturated heterocycles. The van der Waals surface area contributed by atoms with E-state index in [4.69, 9.17) is 0 Å². The van der Waals surface area contributed by atoms with Gasteiger partial charge >= 0.3 is 0 Å². The maximum absolute atomic E-state index is 4.20. The van der Waals surface area contributed by atoms with Crippen molar-refractivity contribution in [1.29, 1.82) is 0 Å². The molecule has 0 aromatic carbocycles. The molecule has 16 heavy (non-hydrogen) atoms. The molecule has 0 aliphatic carbocycles. The number of nitrogens with one attached hydrogen (secondary N) is 2. The SMILES string of the molecule is Cc1[nH]ncc1CCCNc1ccccn1. The van der Waals surface area contributed by atoms with Gasteiger partial charge in [-0.3, -0.25) is 5.10 Å². The Bertz CT molecular complexity index is 422. The van der Waals surface area contributed by atoms with E-state index in [0.717, 1.165) is 30.9 Å². The molecule has 2 N–H and O–H groups in total. The highest BCUT2D eigenvalue weighted by Crippen LogP contribution is 2.06. The van der Waals surface area contributed by atoms with Crippen LogP contribution in [0.15, 0.2) is 30.6 Å². The predicted molar refractivity (Wildman–Crippen MR) is 64.4 cm³/mol. The van der Waals surface area contributed by atoms with Crippen LogP contribution in [0.3, 0.4) is 0 Å². The Morgan fingerprint density at radius 2 is 2.31 bits per heavy atom. The Kier molecular flexibility index (Phi) is 3.53. The van der Waals surface area contributed by atoms with E-state index in [2.05, 4.69) is 27.4 Å². The highest BCUT2D eigenvalue weighted by molar-refractivity contribution is 5.32. The van der Waals surface area contributed by atoms with Crippen molar-refractivity contribution in [2.45, 2.75) is 19.8 Å². The first kappa shape index (κ1) is 10.7. The van der Waals surface area contributed by atoms with Crippen molar-refractivity contribution >= 4 is 5.82 Å². The average molecular weight is 216 g/mol. The molecule has 2 aromatic rings. The Morgan fingerprint density at radius 3 is 3.00 bits per heavy atom. The number of anilines is 1. The maximum Gasteiger partial charge on any atom is 0.125 e. The lowest BCUT2D eigenvalue weighted by Gasteiger charge is -2.04. The summed E-state index contributed by atoms with van der Waals surface area (Å²) in [6, 6.07) is 5.87. The first-order chi connectivity index (χ1) is 7.86. The fraction of sp³-hybridized carbons (Fsp3) is 0.333. The first-order valence-corrected chi connectivity index (χ1v) is 5.50. The van der Waals surface area contributed by atoms with Gasteiger partial charge in [0.25, 0.3) is 0 Å². The second-order valence-electron chi connectivity index (χ2n) is 3.77. The third-order valence-electron chi connectivity index (χ3n) is 2.53. The van der Waals surface area contributed by atoms with Crippen molar-refractivity contribution in [2.75, 3.05) is 11.9 Å². The van der Waals surface area contributed by atoms with E-state index in [9.17, 15) is 0 Å². The lowest BCUT2D eigenvalue weighted by molar-refractivity contribution is 0.853. The highest BCUT2D eigenvalue weighted by atomic mass is 15.1. The standard InChI is InChI=1S/C12H16N4/c1-10-11(9-15-16-10)5-4-8-14-12-6-2-3-7-13-12/h2-3,6-7,9H,4-5,8H2,1H3,(H,13,14)(H,15,16). The zero-order valence-electron chi connectivity index (χ0n) is 9.40. The summed E-state index contributed by atoms with van der Waals surface area (Å²) in [5.74, 6) is 0.936. The molecular weight excluding hydrogens is 200 g/mol. The Hall–Kier alpha value is -1.84. The summed E-state index contributed by atoms with van der Waals surface area (Å²) in [6.07, 6.45) is 5.82. The van der Waals surface area contributed by atoms with Crippen LogP contribution in [0.5, 0.6) is 0 Å². The van der Waals surface area contributed by atoms with Gasteiger partial charge in [-0.1, -0.05) is 6.07 Å². The number of H-pyrrole nitrogens is 1. The Morgan fingerprint density at radius 1 is 1.38 bits per heavy atom. The summed E-state index contributed by atoms with van der Waals surface area (Å²) < 4.78 is 0. The van der Waals surface area contributed by atoms with E-state index in [0.29, 0.717) is 0 Å². The summed E-state index contributed by atoms with van der Waals surface area (Å²) in [5.41, 5.74) is 2.46. The molecule has 4 nitrogen and oxygen atoms in total. The number of aryl methyl sites for hydroxylation is 2. The van der Waals surface area contributed by atoms with Gasteiger partial charge < -0.3 is 5.32 Å². The van der Waals surface area contributed by atoms with E-state index in [-0.39, 0.29) is 0 Å². The minimum Gasteiger partial charge on any atom is -0.370 e. The van der Waals surface area contributed by atoms with E-state index in [1.54, 1.807) is 6.20 Å². The van der Waals surface area contributed by atoms with Crippen molar-refractivity contribution in [3.8, 4) is 0 Å². The van der Waals surface area contributed by atoms with Gasteiger partial charge in [-0.15, -0.1) is 0 Å². The van der Waals surface area contributed by atoms with Gasteiger partial charge in [-0.05, 0) is 37.5 Å². The fourth-order valence-electron chi connectivity index (χ4n) is 1.59. The molecule has 2 aromatic heterocycles. The molecule has 0 radical (unpaired) electrons. The molecule has 0 aliphatic heterocycles. The van der Waals surface area contributed by atoms with Crippen molar-refractivity contribution in [1.82, 2.24) is 15.2 Å². The number of hydrogen-bond donors (Lipinski definition) is 2. The number of pyridine rings is 1.